The van der Waals surface area contributed by atoms with Crippen LogP contribution < -0.4 is 10.6 Å². The van der Waals surface area contributed by atoms with Gasteiger partial charge in [-0.05, 0) is 32.3 Å². The summed E-state index contributed by atoms with van der Waals surface area (Å²) in [5.41, 5.74) is 1.51. The number of aliphatic imine (C=N–C) groups is 1. The van der Waals surface area contributed by atoms with Gasteiger partial charge in [0.25, 0.3) is 0 Å². The molecule has 0 amide bonds. The van der Waals surface area contributed by atoms with Gasteiger partial charge in [0.05, 0.1) is 12.6 Å². The third kappa shape index (κ3) is 6.18. The van der Waals surface area contributed by atoms with Crippen molar-refractivity contribution in [3.8, 4) is 0 Å². The monoisotopic (exact) mass is 440 g/mol. The van der Waals surface area contributed by atoms with E-state index in [9.17, 15) is 13.2 Å². The predicted molar refractivity (Wildman–Crippen MR) is 113 cm³/mol. The summed E-state index contributed by atoms with van der Waals surface area (Å²) in [6, 6.07) is 8.40. The molecule has 1 aliphatic rings. The zero-order valence-corrected chi connectivity index (χ0v) is 17.9. The Labute approximate surface area is 178 Å². The van der Waals surface area contributed by atoms with Gasteiger partial charge in [0.15, 0.2) is 11.7 Å². The van der Waals surface area contributed by atoms with Gasteiger partial charge in [0.2, 0.25) is 0 Å². The van der Waals surface area contributed by atoms with Gasteiger partial charge >= 0.3 is 6.18 Å². The van der Waals surface area contributed by atoms with Gasteiger partial charge in [-0.1, -0.05) is 29.8 Å². The topological polar surface area (TPSA) is 58.5 Å². The molecule has 0 spiro atoms. The van der Waals surface area contributed by atoms with Crippen LogP contribution >= 0.6 is 11.3 Å². The lowest BCUT2D eigenvalue weighted by Gasteiger charge is -2.32. The molecule has 2 heterocycles. The van der Waals surface area contributed by atoms with Gasteiger partial charge in [0, 0.05) is 31.0 Å². The van der Waals surface area contributed by atoms with Crippen molar-refractivity contribution >= 4 is 17.3 Å². The number of alkyl halides is 3. The van der Waals surface area contributed by atoms with E-state index in [0.717, 1.165) is 41.7 Å². The number of hydrogen-bond donors (Lipinski definition) is 2. The highest BCUT2D eigenvalue weighted by atomic mass is 32.1. The molecule has 9 heteroatoms. The van der Waals surface area contributed by atoms with Crippen LogP contribution in [0, 0.1) is 12.8 Å². The summed E-state index contributed by atoms with van der Waals surface area (Å²) in [4.78, 5) is 8.04. The van der Waals surface area contributed by atoms with Crippen molar-refractivity contribution in [1.29, 1.82) is 0 Å². The van der Waals surface area contributed by atoms with Crippen molar-refractivity contribution in [2.24, 2.45) is 10.9 Å². The normalized spacial score (nSPS) is 20.2. The Morgan fingerprint density at radius 2 is 2.03 bits per heavy atom. The molecule has 0 aliphatic carbocycles. The lowest BCUT2D eigenvalue weighted by atomic mass is 9.89. The average molecular weight is 441 g/mol. The fourth-order valence-electron chi connectivity index (χ4n) is 3.41. The first kappa shape index (κ1) is 22.6. The number of aryl methyl sites for hydroxylation is 1. The SMILES string of the molecule is CCNC(=NCc1nc(C(F)(F)F)cs1)NCC1CCCOC1c1ccc(C)cc1. The molecule has 1 aliphatic heterocycles. The average Bonchev–Trinajstić information content (AvgIpc) is 3.21. The first-order valence-corrected chi connectivity index (χ1v) is 11.0. The molecule has 2 N–H and O–H groups in total. The predicted octanol–water partition coefficient (Wildman–Crippen LogP) is 4.69. The second-order valence-corrected chi connectivity index (χ2v) is 8.25. The van der Waals surface area contributed by atoms with Crippen LogP contribution in [-0.4, -0.2) is 30.6 Å². The minimum atomic E-state index is -4.42. The highest BCUT2D eigenvalue weighted by Gasteiger charge is 2.33. The maximum atomic E-state index is 12.7. The summed E-state index contributed by atoms with van der Waals surface area (Å²) in [6.07, 6.45) is -2.37. The molecular weight excluding hydrogens is 413 g/mol. The van der Waals surface area contributed by atoms with E-state index in [4.69, 9.17) is 4.74 Å². The first-order chi connectivity index (χ1) is 14.4. The van der Waals surface area contributed by atoms with Gasteiger partial charge in [-0.3, -0.25) is 0 Å². The number of nitrogens with one attached hydrogen (secondary N) is 2. The summed E-state index contributed by atoms with van der Waals surface area (Å²) in [7, 11) is 0. The number of guanidine groups is 1. The van der Waals surface area contributed by atoms with E-state index in [2.05, 4.69) is 51.8 Å². The van der Waals surface area contributed by atoms with Crippen LogP contribution in [-0.2, 0) is 17.5 Å². The summed E-state index contributed by atoms with van der Waals surface area (Å²) in [5, 5.41) is 7.82. The van der Waals surface area contributed by atoms with Crippen LogP contribution in [0.3, 0.4) is 0 Å². The molecule has 5 nitrogen and oxygen atoms in total. The molecule has 164 valence electrons. The fourth-order valence-corrected chi connectivity index (χ4v) is 4.13. The number of halogens is 3. The Morgan fingerprint density at radius 3 is 2.70 bits per heavy atom. The van der Waals surface area contributed by atoms with Crippen LogP contribution in [0.5, 0.6) is 0 Å². The molecule has 0 saturated carbocycles. The molecule has 2 unspecified atom stereocenters. The third-order valence-corrected chi connectivity index (χ3v) is 5.77. The summed E-state index contributed by atoms with van der Waals surface area (Å²) < 4.78 is 44.2. The fraction of sp³-hybridized carbons (Fsp3) is 0.524. The van der Waals surface area contributed by atoms with Crippen molar-refractivity contribution in [2.75, 3.05) is 19.7 Å². The van der Waals surface area contributed by atoms with E-state index in [0.29, 0.717) is 24.1 Å². The van der Waals surface area contributed by atoms with Crippen molar-refractivity contribution < 1.29 is 17.9 Å². The smallest absolute Gasteiger partial charge is 0.373 e. The molecule has 2 atom stereocenters. The first-order valence-electron chi connectivity index (χ1n) is 10.1. The molecule has 1 saturated heterocycles. The van der Waals surface area contributed by atoms with Gasteiger partial charge in [-0.2, -0.15) is 13.2 Å². The van der Waals surface area contributed by atoms with E-state index in [-0.39, 0.29) is 18.6 Å². The number of nitrogens with zero attached hydrogens (tertiary/aromatic N) is 2. The maximum absolute atomic E-state index is 12.7. The van der Waals surface area contributed by atoms with E-state index < -0.39 is 11.9 Å². The number of rotatable bonds is 6. The molecule has 1 aromatic heterocycles. The molecule has 2 aromatic rings. The Kier molecular flexibility index (Phi) is 7.71. The second kappa shape index (κ2) is 10.3. The second-order valence-electron chi connectivity index (χ2n) is 7.30. The number of benzene rings is 1. The molecule has 0 radical (unpaired) electrons. The van der Waals surface area contributed by atoms with E-state index in [1.54, 1.807) is 0 Å². The van der Waals surface area contributed by atoms with E-state index in [1.165, 1.54) is 5.56 Å². The minimum absolute atomic E-state index is 0.0167. The van der Waals surface area contributed by atoms with Gasteiger partial charge in [-0.25, -0.2) is 9.98 Å². The Morgan fingerprint density at radius 1 is 1.27 bits per heavy atom. The molecule has 3 rings (SSSR count). The molecule has 1 fully saturated rings. The van der Waals surface area contributed by atoms with E-state index in [1.807, 2.05) is 6.92 Å². The zero-order valence-electron chi connectivity index (χ0n) is 17.1. The Hall–Kier alpha value is -2.13. The van der Waals surface area contributed by atoms with Crippen LogP contribution in [0.1, 0.15) is 47.7 Å². The van der Waals surface area contributed by atoms with Crippen LogP contribution in [0.4, 0.5) is 13.2 Å². The van der Waals surface area contributed by atoms with Crippen molar-refractivity contribution in [1.82, 2.24) is 15.6 Å². The quantitative estimate of drug-likeness (QED) is 0.505. The molecule has 30 heavy (non-hydrogen) atoms. The highest BCUT2D eigenvalue weighted by molar-refractivity contribution is 7.09. The largest absolute Gasteiger partial charge is 0.434 e. The minimum Gasteiger partial charge on any atom is -0.373 e. The molecule has 0 bridgehead atoms. The maximum Gasteiger partial charge on any atom is 0.434 e. The van der Waals surface area contributed by atoms with Crippen LogP contribution in [0.25, 0.3) is 0 Å². The standard InChI is InChI=1S/C21H27F3N4OS/c1-3-25-20(27-12-18-28-17(13-30-18)21(22,23)24)26-11-16-5-4-10-29-19(16)15-8-6-14(2)7-9-15/h6-9,13,16,19H,3-5,10-12H2,1-2H3,(H2,25,26,27). The highest BCUT2D eigenvalue weighted by Crippen LogP contribution is 2.33. The number of thiazole rings is 1. The summed E-state index contributed by atoms with van der Waals surface area (Å²) in [5.74, 6) is 0.844. The number of aromatic nitrogens is 1. The molecular formula is C21H27F3N4OS. The zero-order chi connectivity index (χ0) is 21.6. The Bertz CT molecular complexity index is 836. The Balaban J connectivity index is 1.63. The summed E-state index contributed by atoms with van der Waals surface area (Å²) in [6.45, 7) is 6.16. The third-order valence-electron chi connectivity index (χ3n) is 4.94. The van der Waals surface area contributed by atoms with Crippen molar-refractivity contribution in [3.63, 3.8) is 0 Å². The molecule has 1 aromatic carbocycles. The van der Waals surface area contributed by atoms with Crippen molar-refractivity contribution in [2.45, 2.75) is 45.5 Å². The lowest BCUT2D eigenvalue weighted by Crippen LogP contribution is -2.42. The van der Waals surface area contributed by atoms with Gasteiger partial charge in [0.1, 0.15) is 5.01 Å². The summed E-state index contributed by atoms with van der Waals surface area (Å²) >= 11 is 0.968. The number of hydrogen-bond acceptors (Lipinski definition) is 4. The van der Waals surface area contributed by atoms with Gasteiger partial charge < -0.3 is 15.4 Å². The van der Waals surface area contributed by atoms with Gasteiger partial charge in [-0.15, -0.1) is 11.3 Å². The van der Waals surface area contributed by atoms with Crippen LogP contribution in [0.15, 0.2) is 34.6 Å². The van der Waals surface area contributed by atoms with Crippen molar-refractivity contribution in [3.05, 3.63) is 51.5 Å². The van der Waals surface area contributed by atoms with Crippen LogP contribution in [0.2, 0.25) is 0 Å². The number of ether oxygens (including phenoxy) is 1. The lowest BCUT2D eigenvalue weighted by molar-refractivity contribution is -0.140. The van der Waals surface area contributed by atoms with E-state index >= 15 is 0 Å².